The van der Waals surface area contributed by atoms with Crippen molar-refractivity contribution >= 4 is 28.5 Å². The number of urea groups is 1. The van der Waals surface area contributed by atoms with E-state index >= 15 is 0 Å². The number of piperidine rings is 1. The predicted octanol–water partition coefficient (Wildman–Crippen LogP) is -0.385. The Bertz CT molecular complexity index is 733. The molecule has 14 heteroatoms. The van der Waals surface area contributed by atoms with Crippen LogP contribution in [0.25, 0.3) is 0 Å². The maximum absolute atomic E-state index is 12.8. The summed E-state index contributed by atoms with van der Waals surface area (Å²) in [6.45, 7) is 4.44. The molecule has 1 unspecified atom stereocenters. The van der Waals surface area contributed by atoms with E-state index in [9.17, 15) is 27.9 Å². The van der Waals surface area contributed by atoms with Gasteiger partial charge in [0.1, 0.15) is 18.2 Å². The number of hydrazine groups is 1. The van der Waals surface area contributed by atoms with E-state index in [1.807, 2.05) is 0 Å². The monoisotopic (exact) mass is 397 g/mol. The highest BCUT2D eigenvalue weighted by molar-refractivity contribution is 7.80. The molecule has 3 amide bonds. The number of carbonyl (C=O) groups is 3. The van der Waals surface area contributed by atoms with E-state index in [0.29, 0.717) is 5.06 Å². The first-order chi connectivity index (χ1) is 11.7. The number of esters is 1. The van der Waals surface area contributed by atoms with Gasteiger partial charge < -0.3 is 9.84 Å². The third-order valence-electron chi connectivity index (χ3n) is 4.06. The van der Waals surface area contributed by atoms with Crippen LogP contribution in [0.5, 0.6) is 0 Å². The van der Waals surface area contributed by atoms with Gasteiger partial charge >= 0.3 is 28.5 Å². The Balaban J connectivity index is 2.48. The molecular weight excluding hydrogens is 376 g/mol. The van der Waals surface area contributed by atoms with E-state index in [1.54, 1.807) is 20.8 Å². The van der Waals surface area contributed by atoms with Gasteiger partial charge in [0, 0.05) is 6.42 Å². The smallest absolute Gasteiger partial charge is 0.461 e. The van der Waals surface area contributed by atoms with Crippen molar-refractivity contribution in [2.45, 2.75) is 51.3 Å². The highest BCUT2D eigenvalue weighted by Crippen LogP contribution is 2.39. The number of carboxylic acid groups (broad SMARTS) is 1. The number of quaternary nitrogens is 1. The largest absolute Gasteiger partial charge is 0.471 e. The first-order valence-corrected chi connectivity index (χ1v) is 8.95. The lowest BCUT2D eigenvalue weighted by Gasteiger charge is -2.41. The number of ether oxygens (including phenoxy) is 1. The van der Waals surface area contributed by atoms with Crippen LogP contribution in [0.15, 0.2) is 0 Å². The third-order valence-corrected chi connectivity index (χ3v) is 4.41. The van der Waals surface area contributed by atoms with Gasteiger partial charge in [-0.2, -0.15) is 14.3 Å². The highest BCUT2D eigenvalue weighted by atomic mass is 32.3. The number of rotatable bonds is 4. The summed E-state index contributed by atoms with van der Waals surface area (Å²) in [7, 11) is -5.05. The molecule has 2 fully saturated rings. The van der Waals surface area contributed by atoms with Crippen LogP contribution < -0.4 is 5.84 Å². The van der Waals surface area contributed by atoms with Crippen LogP contribution >= 0.6 is 0 Å². The van der Waals surface area contributed by atoms with Gasteiger partial charge in [0.25, 0.3) is 0 Å². The van der Waals surface area contributed by atoms with E-state index in [1.165, 1.54) is 0 Å². The van der Waals surface area contributed by atoms with Crippen LogP contribution in [-0.4, -0.2) is 75.2 Å². The molecule has 13 nitrogen and oxygen atoms in total. The maximum Gasteiger partial charge on any atom is 0.471 e. The van der Waals surface area contributed by atoms with Gasteiger partial charge in [0.2, 0.25) is 6.04 Å². The molecule has 2 heterocycles. The quantitative estimate of drug-likeness (QED) is 0.141. The lowest BCUT2D eigenvalue weighted by Crippen LogP contribution is -2.73. The Morgan fingerprint density at radius 1 is 1.35 bits per heavy atom. The van der Waals surface area contributed by atoms with Crippen molar-refractivity contribution in [3.05, 3.63) is 0 Å². The van der Waals surface area contributed by atoms with Gasteiger partial charge in [-0.1, -0.05) is 5.12 Å². The summed E-state index contributed by atoms with van der Waals surface area (Å²) >= 11 is 0. The van der Waals surface area contributed by atoms with Crippen molar-refractivity contribution in [3.8, 4) is 0 Å². The summed E-state index contributed by atoms with van der Waals surface area (Å²) in [6, 6.07) is -3.45. The SMILES string of the molecule is CC(C)(C)OC(=O)C1CC[C@@H]2C[N@+]1(N(N)C(=O)O)C(=O)N2OS(=O)(=O)O. The average molecular weight is 397 g/mol. The van der Waals surface area contributed by atoms with Gasteiger partial charge in [-0.3, -0.25) is 4.55 Å². The van der Waals surface area contributed by atoms with Gasteiger partial charge in [-0.15, -0.1) is 13.9 Å². The number of amides is 3. The molecule has 26 heavy (non-hydrogen) atoms. The number of fused-ring (bicyclic) bond motifs is 2. The van der Waals surface area contributed by atoms with Crippen LogP contribution in [0.3, 0.4) is 0 Å². The minimum absolute atomic E-state index is 0.0162. The fourth-order valence-electron chi connectivity index (χ4n) is 3.17. The first kappa shape index (κ1) is 20.3. The highest BCUT2D eigenvalue weighted by Gasteiger charge is 2.69. The second-order valence-corrected chi connectivity index (χ2v) is 8.03. The predicted molar refractivity (Wildman–Crippen MR) is 81.7 cm³/mol. The number of carbonyl (C=O) groups excluding carboxylic acids is 2. The molecule has 0 aromatic heterocycles. The molecule has 0 aromatic rings. The minimum Gasteiger partial charge on any atom is -0.461 e. The first-order valence-electron chi connectivity index (χ1n) is 7.58. The summed E-state index contributed by atoms with van der Waals surface area (Å²) in [6.07, 6.45) is -1.63. The van der Waals surface area contributed by atoms with Crippen LogP contribution in [0.2, 0.25) is 0 Å². The fourth-order valence-corrected chi connectivity index (χ4v) is 3.56. The van der Waals surface area contributed by atoms with Crippen molar-refractivity contribution in [3.63, 3.8) is 0 Å². The Hall–Kier alpha value is -2.00. The number of hydrogen-bond acceptors (Lipinski definition) is 8. The Labute approximate surface area is 149 Å². The second kappa shape index (κ2) is 6.31. The lowest BCUT2D eigenvalue weighted by molar-refractivity contribution is -0.967. The number of nitrogens with zero attached hydrogens (tertiary/aromatic N) is 3. The van der Waals surface area contributed by atoms with Gasteiger partial charge in [0.05, 0.1) is 0 Å². The molecule has 148 valence electrons. The molecule has 2 aliphatic rings. The molecule has 2 rings (SSSR count). The standard InChI is InChI=1S/C12H20N4O9S/c1-12(2,3)24-9(17)8-5-4-7-6-16(8,15(13)11(19)20)10(18)14(7)25-26(21,22)23/h7-8H,4-6,13H2,1-3H3,(H-,19,20,21,22,23)/p+1/t7-,8?,16-/m1/s1. The summed E-state index contributed by atoms with van der Waals surface area (Å²) in [5, 5.41) is 9.73. The average Bonchev–Trinajstić information content (AvgIpc) is 2.66. The van der Waals surface area contributed by atoms with Crippen LogP contribution in [0, 0.1) is 0 Å². The van der Waals surface area contributed by atoms with Gasteiger partial charge in [0.15, 0.2) is 0 Å². The molecule has 0 saturated carbocycles. The normalized spacial score (nSPS) is 28.8. The topological polar surface area (TPSA) is 177 Å². The minimum atomic E-state index is -5.05. The maximum atomic E-state index is 12.8. The van der Waals surface area contributed by atoms with E-state index < -0.39 is 50.8 Å². The fraction of sp³-hybridized carbons (Fsp3) is 0.750. The molecule has 0 aliphatic carbocycles. The summed E-state index contributed by atoms with van der Waals surface area (Å²) in [5.74, 6) is 4.69. The van der Waals surface area contributed by atoms with E-state index in [2.05, 4.69) is 4.28 Å². The second-order valence-electron chi connectivity index (χ2n) is 7.03. The number of nitrogens with two attached hydrogens (primary N) is 1. The summed E-state index contributed by atoms with van der Waals surface area (Å²) in [4.78, 5) is 36.8. The van der Waals surface area contributed by atoms with Gasteiger partial charge in [-0.25, -0.2) is 14.4 Å². The van der Waals surface area contributed by atoms with Crippen molar-refractivity contribution in [2.75, 3.05) is 6.54 Å². The molecule has 0 radical (unpaired) electrons. The third kappa shape index (κ3) is 3.59. The van der Waals surface area contributed by atoms with Crippen molar-refractivity contribution in [2.24, 2.45) is 5.84 Å². The molecule has 0 spiro atoms. The number of hydrogen-bond donors (Lipinski definition) is 3. The molecule has 4 N–H and O–H groups in total. The molecule has 2 saturated heterocycles. The van der Waals surface area contributed by atoms with Crippen LogP contribution in [0.1, 0.15) is 33.6 Å². The summed E-state index contributed by atoms with van der Waals surface area (Å²) < 4.78 is 39.2. The van der Waals surface area contributed by atoms with Crippen molar-refractivity contribution in [1.82, 2.24) is 10.2 Å². The zero-order valence-corrected chi connectivity index (χ0v) is 15.2. The Morgan fingerprint density at radius 2 is 1.92 bits per heavy atom. The zero-order valence-electron chi connectivity index (χ0n) is 14.4. The van der Waals surface area contributed by atoms with Crippen molar-refractivity contribution in [1.29, 1.82) is 0 Å². The Kier molecular flexibility index (Phi) is 4.93. The van der Waals surface area contributed by atoms with E-state index in [4.69, 9.17) is 15.1 Å². The van der Waals surface area contributed by atoms with Gasteiger partial charge in [-0.05, 0) is 27.2 Å². The van der Waals surface area contributed by atoms with Crippen molar-refractivity contribution < 1.29 is 46.1 Å². The zero-order chi connectivity index (χ0) is 20.1. The van der Waals surface area contributed by atoms with Crippen LogP contribution in [-0.2, 0) is 24.2 Å². The molecule has 0 aromatic carbocycles. The molecule has 2 bridgehead atoms. The van der Waals surface area contributed by atoms with Crippen LogP contribution in [0.4, 0.5) is 9.59 Å². The Morgan fingerprint density at radius 3 is 2.38 bits per heavy atom. The van der Waals surface area contributed by atoms with E-state index in [0.717, 1.165) is 0 Å². The molecule has 3 atom stereocenters. The molecule has 2 aliphatic heterocycles. The van der Waals surface area contributed by atoms with E-state index in [-0.39, 0.29) is 24.5 Å². The molecular formula is C12H21N4O9S+. The number of hydroxylamine groups is 2. The summed E-state index contributed by atoms with van der Waals surface area (Å²) in [5.41, 5.74) is -0.909. The lowest BCUT2D eigenvalue weighted by atomic mass is 9.99.